The zero-order chi connectivity index (χ0) is 25.3. The van der Waals surface area contributed by atoms with Crippen LogP contribution in [0.2, 0.25) is 0 Å². The van der Waals surface area contributed by atoms with E-state index in [9.17, 15) is 29.4 Å². The average molecular weight is 631 g/mol. The number of aliphatic carboxylic acids is 2. The number of rotatable bonds is 9. The second kappa shape index (κ2) is 10.5. The molecule has 0 saturated carbocycles. The van der Waals surface area contributed by atoms with E-state index in [-0.39, 0.29) is 22.2 Å². The number of hydrogen-bond donors (Lipinski definition) is 5. The van der Waals surface area contributed by atoms with Crippen LogP contribution in [0, 0.1) is 3.57 Å². The molecular formula is C19H18IN7O6S2. The van der Waals surface area contributed by atoms with E-state index in [2.05, 4.69) is 48.5 Å². The summed E-state index contributed by atoms with van der Waals surface area (Å²) in [5.74, 6) is -3.55. The van der Waals surface area contributed by atoms with Crippen LogP contribution in [0.25, 0.3) is 0 Å². The van der Waals surface area contributed by atoms with Gasteiger partial charge < -0.3 is 21.3 Å². The van der Waals surface area contributed by atoms with Crippen LogP contribution < -0.4 is 11.1 Å². The Morgan fingerprint density at radius 1 is 1.37 bits per heavy atom. The van der Waals surface area contributed by atoms with Gasteiger partial charge in [0.15, 0.2) is 0 Å². The van der Waals surface area contributed by atoms with E-state index >= 15 is 0 Å². The summed E-state index contributed by atoms with van der Waals surface area (Å²) in [6, 6.07) is 5.13. The average Bonchev–Trinajstić information content (AvgIpc) is 3.33. The summed E-state index contributed by atoms with van der Waals surface area (Å²) in [6.45, 7) is 0. The van der Waals surface area contributed by atoms with Gasteiger partial charge >= 0.3 is 11.9 Å². The van der Waals surface area contributed by atoms with E-state index in [1.165, 1.54) is 11.8 Å². The van der Waals surface area contributed by atoms with Crippen molar-refractivity contribution in [1.29, 1.82) is 0 Å². The Morgan fingerprint density at radius 2 is 2.14 bits per heavy atom. The highest BCUT2D eigenvalue weighted by atomic mass is 127. The number of aromatic amines is 1. The molecule has 2 amide bonds. The van der Waals surface area contributed by atoms with Crippen molar-refractivity contribution in [3.63, 3.8) is 0 Å². The minimum atomic E-state index is -1.37. The topological polar surface area (TPSA) is 204 Å². The van der Waals surface area contributed by atoms with Gasteiger partial charge in [-0.2, -0.15) is 0 Å². The van der Waals surface area contributed by atoms with Gasteiger partial charge in [0.05, 0.1) is 6.42 Å². The molecule has 2 aromatic rings. The van der Waals surface area contributed by atoms with Crippen molar-refractivity contribution >= 4 is 69.9 Å². The second-order valence-electron chi connectivity index (χ2n) is 7.52. The molecule has 13 nitrogen and oxygen atoms in total. The fourth-order valence-corrected chi connectivity index (χ4v) is 6.82. The Morgan fingerprint density at radius 3 is 2.77 bits per heavy atom. The third-order valence-corrected chi connectivity index (χ3v) is 8.42. The zero-order valence-corrected chi connectivity index (χ0v) is 21.4. The molecule has 0 bridgehead atoms. The predicted octanol–water partition coefficient (Wildman–Crippen LogP) is 0.178. The van der Waals surface area contributed by atoms with Crippen LogP contribution in [0.15, 0.2) is 40.7 Å². The third-order valence-electron chi connectivity index (χ3n) is 5.32. The zero-order valence-electron chi connectivity index (χ0n) is 17.6. The summed E-state index contributed by atoms with van der Waals surface area (Å²) in [5, 5.41) is 33.7. The number of carboxylic acid groups (broad SMARTS) is 2. The van der Waals surface area contributed by atoms with Crippen LogP contribution in [0.4, 0.5) is 0 Å². The van der Waals surface area contributed by atoms with Crippen molar-refractivity contribution in [3.8, 4) is 0 Å². The summed E-state index contributed by atoms with van der Waals surface area (Å²) in [5.41, 5.74) is 6.62. The van der Waals surface area contributed by atoms with E-state index in [1.54, 1.807) is 18.2 Å². The lowest BCUT2D eigenvalue weighted by atomic mass is 9.99. The standard InChI is InChI=1S/C19H18IN7O6S2/c20-8-3-1-2-7(4-8)12(21)15(30)22-13-16(31)27-14(18(32)33)9(6-34-17(13)27)10(5-11(28)29)35-19-23-25-26-24-19/h1-4,10,12-13,17H,5-6,21H2,(H,22,30)(H,28,29)(H,32,33)(H,23,24,25,26)/t10?,12?,13?,17-/m0/s1. The van der Waals surface area contributed by atoms with Crippen molar-refractivity contribution in [1.82, 2.24) is 30.8 Å². The first-order valence-corrected chi connectivity index (χ1v) is 13.0. The number of fused-ring (bicyclic) bond motifs is 1. The number of carbonyl (C=O) groups is 4. The van der Waals surface area contributed by atoms with Crippen molar-refractivity contribution in [2.75, 3.05) is 5.75 Å². The van der Waals surface area contributed by atoms with Gasteiger partial charge in [0, 0.05) is 14.6 Å². The maximum atomic E-state index is 13.0. The second-order valence-corrected chi connectivity index (χ2v) is 11.1. The summed E-state index contributed by atoms with van der Waals surface area (Å²) in [6.07, 6.45) is -0.407. The number of carbonyl (C=O) groups excluding carboxylic acids is 2. The number of halogens is 1. The molecule has 35 heavy (non-hydrogen) atoms. The number of amides is 2. The lowest BCUT2D eigenvalue weighted by Crippen LogP contribution is -2.71. The monoisotopic (exact) mass is 631 g/mol. The first kappa shape index (κ1) is 25.4. The molecule has 3 unspecified atom stereocenters. The van der Waals surface area contributed by atoms with E-state index in [0.717, 1.165) is 20.2 Å². The summed E-state index contributed by atoms with van der Waals surface area (Å²) in [7, 11) is 0. The molecule has 6 N–H and O–H groups in total. The largest absolute Gasteiger partial charge is 0.481 e. The Kier molecular flexibility index (Phi) is 7.62. The molecule has 0 aliphatic carbocycles. The van der Waals surface area contributed by atoms with Gasteiger partial charge in [-0.3, -0.25) is 19.3 Å². The van der Waals surface area contributed by atoms with Gasteiger partial charge in [-0.05, 0) is 56.3 Å². The molecule has 4 rings (SSSR count). The first-order chi connectivity index (χ1) is 16.7. The minimum absolute atomic E-state index is 0.137. The number of nitrogens with zero attached hydrogens (tertiary/aromatic N) is 4. The maximum absolute atomic E-state index is 13.0. The lowest BCUT2D eigenvalue weighted by molar-refractivity contribution is -0.150. The number of nitrogens with two attached hydrogens (primary N) is 1. The van der Waals surface area contributed by atoms with Gasteiger partial charge in [0.2, 0.25) is 11.1 Å². The van der Waals surface area contributed by atoms with E-state index in [1.807, 2.05) is 6.07 Å². The molecule has 184 valence electrons. The molecule has 16 heteroatoms. The quantitative estimate of drug-likeness (QED) is 0.143. The summed E-state index contributed by atoms with van der Waals surface area (Å²) >= 11 is 4.29. The summed E-state index contributed by atoms with van der Waals surface area (Å²) in [4.78, 5) is 50.4. The Hall–Kier alpha value is -2.70. The molecule has 1 aromatic heterocycles. The Labute approximate surface area is 219 Å². The molecule has 2 aliphatic rings. The molecule has 0 radical (unpaired) electrons. The minimum Gasteiger partial charge on any atom is -0.481 e. The Bertz CT molecular complexity index is 1210. The van der Waals surface area contributed by atoms with Crippen LogP contribution in [0.3, 0.4) is 0 Å². The number of tetrazole rings is 1. The van der Waals surface area contributed by atoms with Gasteiger partial charge in [-0.1, -0.05) is 23.9 Å². The van der Waals surface area contributed by atoms with Crippen molar-refractivity contribution in [3.05, 3.63) is 44.7 Å². The van der Waals surface area contributed by atoms with Gasteiger partial charge in [0.25, 0.3) is 5.91 Å². The number of aromatic nitrogens is 4. The molecule has 1 saturated heterocycles. The number of carboxylic acids is 2. The lowest BCUT2D eigenvalue weighted by Gasteiger charge is -2.50. The SMILES string of the molecule is NC(C(=O)NC1C(=O)N2C(C(=O)O)=C(C(CC(=O)O)Sc3nnn[nH]3)CS[C@@H]12)c1cccc(I)c1. The van der Waals surface area contributed by atoms with Crippen molar-refractivity contribution in [2.45, 2.75) is 34.3 Å². The van der Waals surface area contributed by atoms with Gasteiger partial charge in [-0.15, -0.1) is 16.9 Å². The molecule has 1 aromatic carbocycles. The highest BCUT2D eigenvalue weighted by molar-refractivity contribution is 14.1. The fourth-order valence-electron chi connectivity index (χ4n) is 3.71. The van der Waals surface area contributed by atoms with Crippen LogP contribution in [0.5, 0.6) is 0 Å². The van der Waals surface area contributed by atoms with E-state index < -0.39 is 52.9 Å². The van der Waals surface area contributed by atoms with Crippen LogP contribution in [-0.4, -0.2) is 81.9 Å². The normalized spacial score (nSPS) is 21.1. The van der Waals surface area contributed by atoms with Crippen LogP contribution in [-0.2, 0) is 19.2 Å². The number of nitrogens with one attached hydrogen (secondary N) is 2. The highest BCUT2D eigenvalue weighted by Gasteiger charge is 2.55. The first-order valence-electron chi connectivity index (χ1n) is 10.0. The highest BCUT2D eigenvalue weighted by Crippen LogP contribution is 2.44. The van der Waals surface area contributed by atoms with Crippen molar-refractivity contribution in [2.24, 2.45) is 5.73 Å². The number of hydrogen-bond acceptors (Lipinski definition) is 10. The Balaban J connectivity index is 1.55. The van der Waals surface area contributed by atoms with Crippen LogP contribution >= 0.6 is 46.1 Å². The fraction of sp³-hybridized carbons (Fsp3) is 0.316. The molecule has 3 heterocycles. The number of H-pyrrole nitrogens is 1. The number of thioether (sulfide) groups is 2. The van der Waals surface area contributed by atoms with Crippen LogP contribution in [0.1, 0.15) is 18.0 Å². The molecular weight excluding hydrogens is 613 g/mol. The summed E-state index contributed by atoms with van der Waals surface area (Å²) < 4.78 is 0.899. The number of benzene rings is 1. The smallest absolute Gasteiger partial charge is 0.352 e. The van der Waals surface area contributed by atoms with Gasteiger partial charge in [-0.25, -0.2) is 9.89 Å². The third kappa shape index (κ3) is 5.29. The predicted molar refractivity (Wildman–Crippen MR) is 132 cm³/mol. The maximum Gasteiger partial charge on any atom is 0.352 e. The molecule has 2 aliphatic heterocycles. The van der Waals surface area contributed by atoms with Gasteiger partial charge in [0.1, 0.15) is 23.2 Å². The van der Waals surface area contributed by atoms with E-state index in [4.69, 9.17) is 5.73 Å². The number of β-lactam (4-membered cyclic amide) rings is 1. The van der Waals surface area contributed by atoms with E-state index in [0.29, 0.717) is 5.56 Å². The molecule has 4 atom stereocenters. The molecule has 0 spiro atoms. The molecule has 1 fully saturated rings. The van der Waals surface area contributed by atoms with Crippen molar-refractivity contribution < 1.29 is 29.4 Å².